The van der Waals surface area contributed by atoms with Crippen molar-refractivity contribution in [3.8, 4) is 11.3 Å². The number of nitrogens with one attached hydrogen (secondary N) is 1. The number of nitrogens with zero attached hydrogens (tertiary/aromatic N) is 2. The SMILES string of the molecule is C[C@H]1[C@H](NC(=O)c2ccc(-c3ccccc3Cl)n2C)C2CCN1CC2. The third kappa shape index (κ3) is 2.87. The van der Waals surface area contributed by atoms with Gasteiger partial charge in [0.05, 0.1) is 0 Å². The lowest BCUT2D eigenvalue weighted by molar-refractivity contribution is 0.0215. The van der Waals surface area contributed by atoms with Gasteiger partial charge in [-0.25, -0.2) is 0 Å². The van der Waals surface area contributed by atoms with Crippen molar-refractivity contribution in [1.82, 2.24) is 14.8 Å². The predicted octanol–water partition coefficient (Wildman–Crippen LogP) is 3.56. The molecule has 1 aromatic heterocycles. The van der Waals surface area contributed by atoms with E-state index in [4.69, 9.17) is 11.6 Å². The maximum absolute atomic E-state index is 12.9. The van der Waals surface area contributed by atoms with Crippen LogP contribution in [0, 0.1) is 5.92 Å². The molecule has 4 heterocycles. The highest BCUT2D eigenvalue weighted by Crippen LogP contribution is 2.33. The van der Waals surface area contributed by atoms with Crippen molar-refractivity contribution in [2.45, 2.75) is 31.8 Å². The Balaban J connectivity index is 1.57. The molecule has 0 unspecified atom stereocenters. The van der Waals surface area contributed by atoms with E-state index in [1.807, 2.05) is 48.0 Å². The van der Waals surface area contributed by atoms with Crippen LogP contribution >= 0.6 is 11.6 Å². The summed E-state index contributed by atoms with van der Waals surface area (Å²) in [5.41, 5.74) is 2.58. The minimum atomic E-state index is 0.00593. The van der Waals surface area contributed by atoms with Gasteiger partial charge in [0.25, 0.3) is 5.91 Å². The zero-order valence-electron chi connectivity index (χ0n) is 14.7. The highest BCUT2D eigenvalue weighted by molar-refractivity contribution is 6.33. The molecule has 0 aliphatic carbocycles. The predicted molar refractivity (Wildman–Crippen MR) is 101 cm³/mol. The number of rotatable bonds is 3. The van der Waals surface area contributed by atoms with Gasteiger partial charge in [0, 0.05) is 35.4 Å². The maximum atomic E-state index is 12.9. The van der Waals surface area contributed by atoms with E-state index in [1.165, 1.54) is 25.9 Å². The van der Waals surface area contributed by atoms with Gasteiger partial charge in [0.1, 0.15) is 5.69 Å². The molecular weight excluding hydrogens is 334 g/mol. The van der Waals surface area contributed by atoms with Crippen molar-refractivity contribution in [2.75, 3.05) is 13.1 Å². The summed E-state index contributed by atoms with van der Waals surface area (Å²) in [6, 6.07) is 12.2. The monoisotopic (exact) mass is 357 g/mol. The van der Waals surface area contributed by atoms with E-state index in [9.17, 15) is 4.79 Å². The van der Waals surface area contributed by atoms with E-state index >= 15 is 0 Å². The Morgan fingerprint density at radius 3 is 2.56 bits per heavy atom. The van der Waals surface area contributed by atoms with Crippen LogP contribution in [0.3, 0.4) is 0 Å². The van der Waals surface area contributed by atoms with E-state index < -0.39 is 0 Å². The lowest BCUT2D eigenvalue weighted by atomic mass is 9.79. The molecule has 2 bridgehead atoms. The van der Waals surface area contributed by atoms with Gasteiger partial charge < -0.3 is 9.88 Å². The summed E-state index contributed by atoms with van der Waals surface area (Å²) < 4.78 is 1.93. The summed E-state index contributed by atoms with van der Waals surface area (Å²) in [5.74, 6) is 0.610. The molecule has 3 aliphatic rings. The number of benzene rings is 1. The van der Waals surface area contributed by atoms with Crippen molar-refractivity contribution in [3.05, 3.63) is 47.1 Å². The average molecular weight is 358 g/mol. The number of amides is 1. The molecule has 5 heteroatoms. The second-order valence-electron chi connectivity index (χ2n) is 7.26. The molecule has 1 amide bonds. The summed E-state index contributed by atoms with van der Waals surface area (Å²) in [7, 11) is 1.92. The number of hydrogen-bond donors (Lipinski definition) is 1. The maximum Gasteiger partial charge on any atom is 0.268 e. The average Bonchev–Trinajstić information content (AvgIpc) is 3.00. The molecule has 0 radical (unpaired) electrons. The Morgan fingerprint density at radius 1 is 1.16 bits per heavy atom. The molecule has 3 saturated heterocycles. The molecule has 0 spiro atoms. The van der Waals surface area contributed by atoms with Crippen LogP contribution < -0.4 is 5.32 Å². The molecule has 2 aromatic rings. The molecule has 3 fully saturated rings. The van der Waals surface area contributed by atoms with Crippen LogP contribution in [0.15, 0.2) is 36.4 Å². The Labute approximate surface area is 153 Å². The second kappa shape index (κ2) is 6.50. The van der Waals surface area contributed by atoms with Crippen LogP contribution in [-0.2, 0) is 7.05 Å². The number of hydrogen-bond acceptors (Lipinski definition) is 2. The Kier molecular flexibility index (Phi) is 4.34. The van der Waals surface area contributed by atoms with Crippen molar-refractivity contribution >= 4 is 17.5 Å². The summed E-state index contributed by atoms with van der Waals surface area (Å²) in [6.45, 7) is 4.56. The van der Waals surface area contributed by atoms with Crippen LogP contribution in [0.25, 0.3) is 11.3 Å². The molecule has 5 rings (SSSR count). The quantitative estimate of drug-likeness (QED) is 0.912. The standard InChI is InChI=1S/C20H24ClN3O/c1-13-19(14-9-11-24(13)12-10-14)22-20(25)18-8-7-17(23(18)2)15-5-3-4-6-16(15)21/h3-8,13-14,19H,9-12H2,1-2H3,(H,22,25)/t13-,19-/m0/s1. The Hall–Kier alpha value is -1.78. The number of halogens is 1. The van der Waals surface area contributed by atoms with Crippen LogP contribution in [0.1, 0.15) is 30.3 Å². The van der Waals surface area contributed by atoms with Crippen molar-refractivity contribution < 1.29 is 4.79 Å². The normalized spacial score (nSPS) is 28.1. The molecule has 2 atom stereocenters. The Bertz CT molecular complexity index is 790. The third-order valence-corrected chi connectivity index (χ3v) is 6.31. The number of carbonyl (C=O) groups excluding carboxylic acids is 1. The third-order valence-electron chi connectivity index (χ3n) is 5.98. The molecule has 1 aromatic carbocycles. The first-order valence-electron chi connectivity index (χ1n) is 9.02. The molecule has 1 N–H and O–H groups in total. The highest BCUT2D eigenvalue weighted by Gasteiger charge is 2.40. The van der Waals surface area contributed by atoms with Crippen molar-refractivity contribution in [1.29, 1.82) is 0 Å². The first-order valence-corrected chi connectivity index (χ1v) is 9.39. The minimum Gasteiger partial charge on any atom is -0.346 e. The van der Waals surface area contributed by atoms with E-state index in [-0.39, 0.29) is 11.9 Å². The topological polar surface area (TPSA) is 37.3 Å². The fourth-order valence-corrected chi connectivity index (χ4v) is 4.68. The fraction of sp³-hybridized carbons (Fsp3) is 0.450. The summed E-state index contributed by atoms with van der Waals surface area (Å²) >= 11 is 6.32. The summed E-state index contributed by atoms with van der Waals surface area (Å²) in [5, 5.41) is 4.00. The van der Waals surface area contributed by atoms with E-state index in [2.05, 4.69) is 17.1 Å². The van der Waals surface area contributed by atoms with E-state index in [0.29, 0.717) is 22.7 Å². The van der Waals surface area contributed by atoms with Crippen LogP contribution in [0.4, 0.5) is 0 Å². The molecule has 4 nitrogen and oxygen atoms in total. The summed E-state index contributed by atoms with van der Waals surface area (Å²) in [4.78, 5) is 15.4. The summed E-state index contributed by atoms with van der Waals surface area (Å²) in [6.07, 6.45) is 2.38. The van der Waals surface area contributed by atoms with Crippen molar-refractivity contribution in [3.63, 3.8) is 0 Å². The molecule has 132 valence electrons. The van der Waals surface area contributed by atoms with Gasteiger partial charge in [0.15, 0.2) is 0 Å². The first kappa shape index (κ1) is 16.7. The van der Waals surface area contributed by atoms with E-state index in [0.717, 1.165) is 11.3 Å². The smallest absolute Gasteiger partial charge is 0.268 e. The molecule has 25 heavy (non-hydrogen) atoms. The van der Waals surface area contributed by atoms with Gasteiger partial charge in [0.2, 0.25) is 0 Å². The second-order valence-corrected chi connectivity index (χ2v) is 7.66. The van der Waals surface area contributed by atoms with Gasteiger partial charge in [-0.1, -0.05) is 29.8 Å². The van der Waals surface area contributed by atoms with Gasteiger partial charge in [-0.15, -0.1) is 0 Å². The van der Waals surface area contributed by atoms with Crippen molar-refractivity contribution in [2.24, 2.45) is 13.0 Å². The zero-order valence-corrected chi connectivity index (χ0v) is 15.5. The first-order chi connectivity index (χ1) is 12.1. The number of piperidine rings is 3. The molecular formula is C20H24ClN3O. The molecule has 3 aliphatic heterocycles. The number of fused-ring (bicyclic) bond motifs is 3. The van der Waals surface area contributed by atoms with Gasteiger partial charge in [-0.2, -0.15) is 0 Å². The lowest BCUT2D eigenvalue weighted by Crippen LogP contribution is -2.62. The van der Waals surface area contributed by atoms with E-state index in [1.54, 1.807) is 0 Å². The molecule has 0 saturated carbocycles. The van der Waals surface area contributed by atoms with Crippen LogP contribution in [0.2, 0.25) is 5.02 Å². The van der Waals surface area contributed by atoms with Crippen LogP contribution in [-0.4, -0.2) is 40.5 Å². The largest absolute Gasteiger partial charge is 0.346 e. The fourth-order valence-electron chi connectivity index (χ4n) is 4.45. The Morgan fingerprint density at radius 2 is 1.88 bits per heavy atom. The lowest BCUT2D eigenvalue weighted by Gasteiger charge is -2.49. The minimum absolute atomic E-state index is 0.00593. The van der Waals surface area contributed by atoms with Gasteiger partial charge >= 0.3 is 0 Å². The highest BCUT2D eigenvalue weighted by atomic mass is 35.5. The van der Waals surface area contributed by atoms with Crippen LogP contribution in [0.5, 0.6) is 0 Å². The van der Waals surface area contributed by atoms with Gasteiger partial charge in [-0.05, 0) is 57.0 Å². The number of aromatic nitrogens is 1. The van der Waals surface area contributed by atoms with Gasteiger partial charge in [-0.3, -0.25) is 9.69 Å². The zero-order chi connectivity index (χ0) is 17.6. The number of carbonyl (C=O) groups is 1.